The molecule has 0 aliphatic heterocycles. The van der Waals surface area contributed by atoms with Crippen LogP contribution in [0.15, 0.2) is 29.6 Å². The van der Waals surface area contributed by atoms with Crippen LogP contribution < -0.4 is 0 Å². The maximum absolute atomic E-state index is 12.0. The summed E-state index contributed by atoms with van der Waals surface area (Å²) in [6.45, 7) is 1.93. The van der Waals surface area contributed by atoms with Gasteiger partial charge < -0.3 is 5.11 Å². The van der Waals surface area contributed by atoms with Crippen LogP contribution in [-0.4, -0.2) is 53.8 Å². The number of benzene rings is 1. The van der Waals surface area contributed by atoms with Crippen molar-refractivity contribution in [2.75, 3.05) is 12.9 Å². The minimum atomic E-state index is -0.954. The highest BCUT2D eigenvalue weighted by molar-refractivity contribution is 7.99. The summed E-state index contributed by atoms with van der Waals surface area (Å²) in [7, 11) is 3.12. The molecule has 0 saturated heterocycles. The average Bonchev–Trinajstić information content (AvgIpc) is 3.26. The van der Waals surface area contributed by atoms with Crippen molar-refractivity contribution < 1.29 is 19.7 Å². The molecular formula is C16H17N6O4S+. The zero-order chi connectivity index (χ0) is 19.6. The quantitative estimate of drug-likeness (QED) is 0.466. The number of nitrogens with zero attached hydrogens (tertiary/aromatic N) is 5. The fourth-order valence-electron chi connectivity index (χ4n) is 2.46. The molecule has 0 aliphatic rings. The first-order chi connectivity index (χ1) is 12.9. The van der Waals surface area contributed by atoms with Gasteiger partial charge in [-0.2, -0.15) is 5.10 Å². The minimum Gasteiger partial charge on any atom is -0.481 e. The van der Waals surface area contributed by atoms with Crippen LogP contribution in [0.2, 0.25) is 0 Å². The maximum Gasteiger partial charge on any atom is 0.318 e. The number of aliphatic carboxylic acids is 1. The van der Waals surface area contributed by atoms with Crippen LogP contribution in [-0.2, 0) is 16.7 Å². The van der Waals surface area contributed by atoms with E-state index < -0.39 is 5.97 Å². The van der Waals surface area contributed by atoms with Crippen molar-refractivity contribution in [2.45, 2.75) is 12.1 Å². The molecule has 3 aromatic rings. The standard InChI is InChI=1S/C16H16N6O4S/c1-9-13(7-17-21(9)2)10-4-11(6-12(5-10)22(25)26-3)15-18-16(20-19-15)27-8-14(23)24/h4-7H,8H2,1-3H3,(H-,18,19,20,23,24)/p+1. The van der Waals surface area contributed by atoms with Crippen LogP contribution in [0.1, 0.15) is 5.69 Å². The third-order valence-corrected chi connectivity index (χ3v) is 4.74. The predicted molar refractivity (Wildman–Crippen MR) is 97.4 cm³/mol. The summed E-state index contributed by atoms with van der Waals surface area (Å²) in [4.78, 5) is 32.2. The number of aryl methyl sites for hydroxylation is 1. The predicted octanol–water partition coefficient (Wildman–Crippen LogP) is 2.33. The third-order valence-electron chi connectivity index (χ3n) is 3.90. The molecule has 1 aromatic carbocycles. The van der Waals surface area contributed by atoms with Crippen molar-refractivity contribution in [2.24, 2.45) is 7.05 Å². The molecule has 11 heteroatoms. The number of aromatic nitrogens is 5. The van der Waals surface area contributed by atoms with Gasteiger partial charge in [0, 0.05) is 36.0 Å². The van der Waals surface area contributed by atoms with Crippen LogP contribution in [0.5, 0.6) is 0 Å². The highest BCUT2D eigenvalue weighted by Gasteiger charge is 2.21. The molecule has 0 saturated carbocycles. The van der Waals surface area contributed by atoms with E-state index in [-0.39, 0.29) is 11.4 Å². The van der Waals surface area contributed by atoms with Crippen molar-refractivity contribution >= 4 is 23.4 Å². The highest BCUT2D eigenvalue weighted by atomic mass is 32.2. The second-order valence-corrected chi connectivity index (χ2v) is 6.57. The van der Waals surface area contributed by atoms with E-state index in [4.69, 9.17) is 9.94 Å². The van der Waals surface area contributed by atoms with E-state index in [2.05, 4.69) is 20.3 Å². The van der Waals surface area contributed by atoms with E-state index in [1.165, 1.54) is 7.11 Å². The second kappa shape index (κ2) is 7.58. The van der Waals surface area contributed by atoms with Crippen molar-refractivity contribution in [1.82, 2.24) is 25.0 Å². The van der Waals surface area contributed by atoms with E-state index in [0.717, 1.165) is 28.6 Å². The zero-order valence-electron chi connectivity index (χ0n) is 14.8. The number of aromatic amines is 1. The van der Waals surface area contributed by atoms with Gasteiger partial charge in [-0.3, -0.25) is 14.6 Å². The molecule has 0 amide bonds. The van der Waals surface area contributed by atoms with Gasteiger partial charge in [0.1, 0.15) is 0 Å². The fraction of sp³-hybridized carbons (Fsp3) is 0.250. The van der Waals surface area contributed by atoms with Gasteiger partial charge in [-0.25, -0.2) is 9.82 Å². The Balaban J connectivity index is 2.04. The maximum atomic E-state index is 12.0. The summed E-state index contributed by atoms with van der Waals surface area (Å²) in [6, 6.07) is 5.15. The first-order valence-electron chi connectivity index (χ1n) is 7.82. The molecule has 0 atom stereocenters. The van der Waals surface area contributed by atoms with Gasteiger partial charge >= 0.3 is 11.7 Å². The van der Waals surface area contributed by atoms with E-state index in [9.17, 15) is 9.70 Å². The van der Waals surface area contributed by atoms with Crippen molar-refractivity contribution in [3.8, 4) is 22.5 Å². The highest BCUT2D eigenvalue weighted by Crippen LogP contribution is 2.32. The summed E-state index contributed by atoms with van der Waals surface area (Å²) in [5.41, 5.74) is 3.46. The van der Waals surface area contributed by atoms with Gasteiger partial charge in [-0.15, -0.1) is 5.10 Å². The molecular weight excluding hydrogens is 372 g/mol. The molecule has 2 N–H and O–H groups in total. The molecule has 0 bridgehead atoms. The van der Waals surface area contributed by atoms with Crippen LogP contribution in [0.25, 0.3) is 22.5 Å². The average molecular weight is 389 g/mol. The van der Waals surface area contributed by atoms with E-state index in [1.54, 1.807) is 23.0 Å². The lowest BCUT2D eigenvalue weighted by Crippen LogP contribution is -1.99. The number of hydrogen-bond donors (Lipinski definition) is 2. The number of carboxylic acids is 1. The van der Waals surface area contributed by atoms with Gasteiger partial charge in [0.25, 0.3) is 4.92 Å². The molecule has 0 radical (unpaired) electrons. The number of thioether (sulfide) groups is 1. The lowest BCUT2D eigenvalue weighted by molar-refractivity contribution is -0.736. The van der Waals surface area contributed by atoms with Crippen LogP contribution in [0.4, 0.5) is 5.69 Å². The Morgan fingerprint density at radius 2 is 2.11 bits per heavy atom. The molecule has 0 aliphatic carbocycles. The fourth-order valence-corrected chi connectivity index (χ4v) is 2.98. The Bertz CT molecular complexity index is 1010. The molecule has 140 valence electrons. The SMILES string of the molecule is CO[N+](=O)c1cc(-c2nc(SCC(=O)O)n[nH]2)cc(-c2cnn(C)c2C)c1. The van der Waals surface area contributed by atoms with Crippen LogP contribution in [0.3, 0.4) is 0 Å². The monoisotopic (exact) mass is 389 g/mol. The minimum absolute atomic E-state index is 0.143. The number of carboxylic acid groups (broad SMARTS) is 1. The van der Waals surface area contributed by atoms with Gasteiger partial charge in [0.2, 0.25) is 5.16 Å². The Morgan fingerprint density at radius 3 is 2.74 bits per heavy atom. The largest absolute Gasteiger partial charge is 0.481 e. The normalized spacial score (nSPS) is 10.8. The summed E-state index contributed by atoms with van der Waals surface area (Å²) >= 11 is 1.00. The molecule has 0 unspecified atom stereocenters. The smallest absolute Gasteiger partial charge is 0.318 e. The molecule has 2 aromatic heterocycles. The summed E-state index contributed by atoms with van der Waals surface area (Å²) in [6.07, 6.45) is 1.72. The molecule has 0 spiro atoms. The second-order valence-electron chi connectivity index (χ2n) is 5.62. The van der Waals surface area contributed by atoms with Crippen molar-refractivity contribution in [1.29, 1.82) is 0 Å². The van der Waals surface area contributed by atoms with Gasteiger partial charge in [0.05, 0.1) is 16.9 Å². The number of H-pyrrole nitrogens is 1. The Hall–Kier alpha value is -3.21. The Labute approximate surface area is 158 Å². The summed E-state index contributed by atoms with van der Waals surface area (Å²) < 4.78 is 1.74. The number of hydrogen-bond acceptors (Lipinski definition) is 7. The Kier molecular flexibility index (Phi) is 5.21. The van der Waals surface area contributed by atoms with Crippen molar-refractivity contribution in [3.05, 3.63) is 35.0 Å². The van der Waals surface area contributed by atoms with E-state index in [1.807, 2.05) is 20.0 Å². The number of rotatable bonds is 7. The molecule has 0 fully saturated rings. The number of nitrogens with one attached hydrogen (secondary N) is 1. The molecule has 2 heterocycles. The van der Waals surface area contributed by atoms with Gasteiger partial charge in [-0.05, 0) is 18.6 Å². The van der Waals surface area contributed by atoms with E-state index in [0.29, 0.717) is 21.5 Å². The summed E-state index contributed by atoms with van der Waals surface area (Å²) in [5.74, 6) is -0.683. The van der Waals surface area contributed by atoms with Crippen LogP contribution >= 0.6 is 11.8 Å². The molecule has 10 nitrogen and oxygen atoms in total. The van der Waals surface area contributed by atoms with Crippen LogP contribution in [0, 0.1) is 11.8 Å². The zero-order valence-corrected chi connectivity index (χ0v) is 15.6. The molecule has 3 rings (SSSR count). The van der Waals surface area contributed by atoms with Crippen molar-refractivity contribution in [3.63, 3.8) is 0 Å². The van der Waals surface area contributed by atoms with Gasteiger partial charge in [-0.1, -0.05) is 11.8 Å². The summed E-state index contributed by atoms with van der Waals surface area (Å²) in [5, 5.41) is 20.1. The first kappa shape index (κ1) is 18.6. The Morgan fingerprint density at radius 1 is 1.37 bits per heavy atom. The number of carbonyl (C=O) groups is 1. The van der Waals surface area contributed by atoms with Gasteiger partial charge in [0.15, 0.2) is 12.9 Å². The first-order valence-corrected chi connectivity index (χ1v) is 8.80. The lowest BCUT2D eigenvalue weighted by atomic mass is 10.0. The topological polar surface area (TPSA) is 126 Å². The lowest BCUT2D eigenvalue weighted by Gasteiger charge is -2.04. The molecule has 27 heavy (non-hydrogen) atoms. The third kappa shape index (κ3) is 3.97. The van der Waals surface area contributed by atoms with E-state index >= 15 is 0 Å².